The van der Waals surface area contributed by atoms with E-state index in [1.54, 1.807) is 30.3 Å². The Morgan fingerprint density at radius 1 is 0.794 bits per heavy atom. The highest BCUT2D eigenvalue weighted by Crippen LogP contribution is 2.39. The average molecular weight is 464 g/mol. The van der Waals surface area contributed by atoms with Crippen LogP contribution in [0.3, 0.4) is 0 Å². The Morgan fingerprint density at radius 3 is 2.29 bits per heavy atom. The van der Waals surface area contributed by atoms with E-state index in [4.69, 9.17) is 0 Å². The van der Waals surface area contributed by atoms with Gasteiger partial charge in [-0.3, -0.25) is 0 Å². The lowest BCUT2D eigenvalue weighted by Crippen LogP contribution is -2.16. The molecule has 0 bridgehead atoms. The lowest BCUT2D eigenvalue weighted by Gasteiger charge is -2.23. The molecule has 0 heterocycles. The van der Waals surface area contributed by atoms with E-state index in [2.05, 4.69) is 11.8 Å². The molecule has 0 nitrogen and oxygen atoms in total. The number of hydrogen-bond donors (Lipinski definition) is 0. The Morgan fingerprint density at radius 2 is 1.53 bits per heavy atom. The minimum atomic E-state index is -2.92. The van der Waals surface area contributed by atoms with Crippen molar-refractivity contribution in [3.63, 3.8) is 0 Å². The zero-order chi connectivity index (χ0) is 24.5. The van der Waals surface area contributed by atoms with Gasteiger partial charge in [-0.1, -0.05) is 80.3 Å². The standard InChI is InChI=1S/C29H21F5/c1-3-29(33,34)25-10-5-4-9-23(25)18(2)21-13-15-24-19(7-6-8-22(24)17-21)11-12-20-14-16-26(30)28(32)27(20)31/h4-10,13-18H,3H2,1-2H3. The topological polar surface area (TPSA) is 0 Å². The predicted octanol–water partition coefficient (Wildman–Crippen LogP) is 8.31. The van der Waals surface area contributed by atoms with Crippen molar-refractivity contribution in [1.82, 2.24) is 0 Å². The molecule has 4 rings (SSSR count). The van der Waals surface area contributed by atoms with Crippen LogP contribution in [0.1, 0.15) is 54.0 Å². The molecule has 0 N–H and O–H groups in total. The van der Waals surface area contributed by atoms with E-state index in [1.807, 2.05) is 31.2 Å². The summed E-state index contributed by atoms with van der Waals surface area (Å²) in [6.45, 7) is 3.35. The normalized spacial score (nSPS) is 12.3. The summed E-state index contributed by atoms with van der Waals surface area (Å²) in [7, 11) is 0. The molecule has 1 atom stereocenters. The van der Waals surface area contributed by atoms with E-state index in [0.717, 1.165) is 28.5 Å². The molecule has 4 aromatic rings. The van der Waals surface area contributed by atoms with E-state index in [0.29, 0.717) is 11.1 Å². The summed E-state index contributed by atoms with van der Waals surface area (Å²) in [5, 5.41) is 1.61. The van der Waals surface area contributed by atoms with Gasteiger partial charge in [-0.2, -0.15) is 0 Å². The van der Waals surface area contributed by atoms with Crippen molar-refractivity contribution in [3.8, 4) is 11.8 Å². The first kappa shape index (κ1) is 23.5. The molecule has 4 aromatic carbocycles. The summed E-state index contributed by atoms with van der Waals surface area (Å²) in [5.74, 6) is -1.95. The quantitative estimate of drug-likeness (QED) is 0.162. The zero-order valence-corrected chi connectivity index (χ0v) is 18.6. The molecular weight excluding hydrogens is 443 g/mol. The second kappa shape index (κ2) is 9.30. The van der Waals surface area contributed by atoms with Crippen LogP contribution in [0.5, 0.6) is 0 Å². The third-order valence-corrected chi connectivity index (χ3v) is 6.04. The molecule has 0 spiro atoms. The Labute approximate surface area is 195 Å². The van der Waals surface area contributed by atoms with Gasteiger partial charge in [0.05, 0.1) is 5.56 Å². The van der Waals surface area contributed by atoms with Gasteiger partial charge in [-0.15, -0.1) is 0 Å². The molecule has 0 radical (unpaired) electrons. The summed E-state index contributed by atoms with van der Waals surface area (Å²) in [5.41, 5.74) is 1.80. The first-order valence-electron chi connectivity index (χ1n) is 10.9. The second-order valence-corrected chi connectivity index (χ2v) is 8.13. The van der Waals surface area contributed by atoms with Crippen LogP contribution in [0.15, 0.2) is 72.8 Å². The van der Waals surface area contributed by atoms with Crippen LogP contribution in [0.4, 0.5) is 22.0 Å². The van der Waals surface area contributed by atoms with Gasteiger partial charge in [-0.25, -0.2) is 22.0 Å². The van der Waals surface area contributed by atoms with Crippen molar-refractivity contribution >= 4 is 10.8 Å². The summed E-state index contributed by atoms with van der Waals surface area (Å²) < 4.78 is 69.7. The van der Waals surface area contributed by atoms with Gasteiger partial charge in [0.2, 0.25) is 0 Å². The first-order valence-corrected chi connectivity index (χ1v) is 10.9. The lowest BCUT2D eigenvalue weighted by atomic mass is 9.86. The lowest BCUT2D eigenvalue weighted by molar-refractivity contribution is -0.00929. The maximum Gasteiger partial charge on any atom is 0.273 e. The fraction of sp³-hybridized carbons (Fsp3) is 0.172. The second-order valence-electron chi connectivity index (χ2n) is 8.13. The van der Waals surface area contributed by atoms with Crippen LogP contribution in [0, 0.1) is 29.3 Å². The summed E-state index contributed by atoms with van der Waals surface area (Å²) in [4.78, 5) is 0. The predicted molar refractivity (Wildman–Crippen MR) is 124 cm³/mol. The number of alkyl halides is 2. The fourth-order valence-corrected chi connectivity index (χ4v) is 4.02. The summed E-state index contributed by atoms with van der Waals surface area (Å²) >= 11 is 0. The highest BCUT2D eigenvalue weighted by atomic mass is 19.3. The van der Waals surface area contributed by atoms with Crippen molar-refractivity contribution in [2.24, 2.45) is 0 Å². The number of benzene rings is 4. The average Bonchev–Trinajstić information content (AvgIpc) is 2.86. The van der Waals surface area contributed by atoms with Crippen molar-refractivity contribution in [3.05, 3.63) is 118 Å². The van der Waals surface area contributed by atoms with Crippen molar-refractivity contribution < 1.29 is 22.0 Å². The van der Waals surface area contributed by atoms with E-state index in [1.165, 1.54) is 13.0 Å². The largest absolute Gasteiger partial charge is 0.273 e. The van der Waals surface area contributed by atoms with Crippen LogP contribution < -0.4 is 0 Å². The third-order valence-electron chi connectivity index (χ3n) is 6.04. The van der Waals surface area contributed by atoms with Crippen LogP contribution in [0.2, 0.25) is 0 Å². The number of halogens is 5. The SMILES string of the molecule is CCC(F)(F)c1ccccc1C(C)c1ccc2c(C#Cc3ccc(F)c(F)c3F)cccc2c1. The molecular formula is C29H21F5. The minimum Gasteiger partial charge on any atom is -0.204 e. The van der Waals surface area contributed by atoms with Gasteiger partial charge in [0.1, 0.15) is 0 Å². The Balaban J connectivity index is 1.73. The Hall–Kier alpha value is -3.65. The molecule has 172 valence electrons. The smallest absolute Gasteiger partial charge is 0.204 e. The van der Waals surface area contributed by atoms with Gasteiger partial charge in [0.25, 0.3) is 5.92 Å². The van der Waals surface area contributed by atoms with Crippen LogP contribution in [0.25, 0.3) is 10.8 Å². The van der Waals surface area contributed by atoms with Crippen molar-refractivity contribution in [2.45, 2.75) is 32.1 Å². The zero-order valence-electron chi connectivity index (χ0n) is 18.6. The van der Waals surface area contributed by atoms with Crippen LogP contribution >= 0.6 is 0 Å². The van der Waals surface area contributed by atoms with E-state index < -0.39 is 23.4 Å². The summed E-state index contributed by atoms with van der Waals surface area (Å²) in [6.07, 6.45) is -0.283. The molecule has 0 aromatic heterocycles. The van der Waals surface area contributed by atoms with Gasteiger partial charge >= 0.3 is 0 Å². The van der Waals surface area contributed by atoms with Crippen LogP contribution in [-0.2, 0) is 5.92 Å². The molecule has 34 heavy (non-hydrogen) atoms. The van der Waals surface area contributed by atoms with Crippen LogP contribution in [-0.4, -0.2) is 0 Å². The molecule has 0 aliphatic rings. The molecule has 0 fully saturated rings. The number of hydrogen-bond acceptors (Lipinski definition) is 0. The first-order chi connectivity index (χ1) is 16.2. The van der Waals surface area contributed by atoms with Crippen molar-refractivity contribution in [1.29, 1.82) is 0 Å². The molecule has 5 heteroatoms. The van der Waals surface area contributed by atoms with Gasteiger partial charge in [-0.05, 0) is 40.1 Å². The molecule has 0 saturated carbocycles. The monoisotopic (exact) mass is 464 g/mol. The van der Waals surface area contributed by atoms with E-state index in [9.17, 15) is 22.0 Å². The Bertz CT molecular complexity index is 1430. The highest BCUT2D eigenvalue weighted by Gasteiger charge is 2.32. The van der Waals surface area contributed by atoms with E-state index in [-0.39, 0.29) is 23.5 Å². The Kier molecular flexibility index (Phi) is 6.43. The van der Waals surface area contributed by atoms with Gasteiger partial charge in [0.15, 0.2) is 17.5 Å². The molecule has 0 saturated heterocycles. The fourth-order valence-electron chi connectivity index (χ4n) is 4.02. The molecule has 1 unspecified atom stereocenters. The molecule has 0 amide bonds. The number of fused-ring (bicyclic) bond motifs is 1. The highest BCUT2D eigenvalue weighted by molar-refractivity contribution is 5.89. The number of rotatable bonds is 4. The summed E-state index contributed by atoms with van der Waals surface area (Å²) in [6, 6.07) is 19.5. The maximum atomic E-state index is 14.5. The van der Waals surface area contributed by atoms with Gasteiger partial charge in [0, 0.05) is 23.5 Å². The van der Waals surface area contributed by atoms with Gasteiger partial charge < -0.3 is 0 Å². The maximum absolute atomic E-state index is 14.5. The molecule has 0 aliphatic carbocycles. The molecule has 0 aliphatic heterocycles. The minimum absolute atomic E-state index is 0.0262. The van der Waals surface area contributed by atoms with E-state index >= 15 is 0 Å². The third kappa shape index (κ3) is 4.41. The van der Waals surface area contributed by atoms with Crippen molar-refractivity contribution in [2.75, 3.05) is 0 Å².